The summed E-state index contributed by atoms with van der Waals surface area (Å²) in [6, 6.07) is 0. The van der Waals surface area contributed by atoms with Crippen LogP contribution < -0.4 is 5.73 Å². The van der Waals surface area contributed by atoms with Crippen LogP contribution in [0.4, 0.5) is 0 Å². The standard InChI is InChI=1S/C21H42NO5P/c1-3-4-5-6-7-8-9-10-11-12-13-14-15-16-17-18-20(23)21(2,22)19-27-28(24,25)26/h10-11H,3-9,12-19,22H2,1-2H3,(H2,24,25,26)/b11-10-. The number of allylic oxidation sites excluding steroid dienone is 2. The molecule has 0 saturated carbocycles. The zero-order valence-electron chi connectivity index (χ0n) is 17.9. The number of nitrogens with two attached hydrogens (primary N) is 1. The predicted octanol–water partition coefficient (Wildman–Crippen LogP) is 5.42. The van der Waals surface area contributed by atoms with Crippen LogP contribution in [0, 0.1) is 0 Å². The number of rotatable bonds is 19. The van der Waals surface area contributed by atoms with Crippen LogP contribution in [-0.2, 0) is 13.9 Å². The molecule has 6 nitrogen and oxygen atoms in total. The number of unbranched alkanes of at least 4 members (excludes halogenated alkanes) is 11. The minimum atomic E-state index is -4.60. The van der Waals surface area contributed by atoms with Gasteiger partial charge in [0.15, 0.2) is 5.78 Å². The molecule has 0 fully saturated rings. The first-order valence-corrected chi connectivity index (χ1v) is 12.4. The van der Waals surface area contributed by atoms with Crippen LogP contribution >= 0.6 is 7.82 Å². The van der Waals surface area contributed by atoms with Crippen LogP contribution in [-0.4, -0.2) is 27.7 Å². The van der Waals surface area contributed by atoms with Gasteiger partial charge >= 0.3 is 7.82 Å². The Morgan fingerprint density at radius 3 is 1.89 bits per heavy atom. The summed E-state index contributed by atoms with van der Waals surface area (Å²) in [5.74, 6) is -0.224. The molecule has 0 saturated heterocycles. The molecule has 28 heavy (non-hydrogen) atoms. The molecule has 0 amide bonds. The molecule has 0 aliphatic heterocycles. The molecule has 0 spiro atoms. The number of carbonyl (C=O) groups is 1. The van der Waals surface area contributed by atoms with E-state index in [1.165, 1.54) is 58.3 Å². The number of ketones is 1. The van der Waals surface area contributed by atoms with Gasteiger partial charge in [-0.2, -0.15) is 0 Å². The van der Waals surface area contributed by atoms with E-state index in [1.54, 1.807) is 0 Å². The van der Waals surface area contributed by atoms with E-state index >= 15 is 0 Å². The van der Waals surface area contributed by atoms with Gasteiger partial charge in [-0.25, -0.2) is 4.57 Å². The van der Waals surface area contributed by atoms with Gasteiger partial charge < -0.3 is 15.5 Å². The highest BCUT2D eigenvalue weighted by molar-refractivity contribution is 7.46. The third kappa shape index (κ3) is 17.6. The van der Waals surface area contributed by atoms with Crippen LogP contribution in [0.15, 0.2) is 12.2 Å². The summed E-state index contributed by atoms with van der Waals surface area (Å²) in [6.07, 6.45) is 20.4. The maximum Gasteiger partial charge on any atom is 0.469 e. The lowest BCUT2D eigenvalue weighted by Crippen LogP contribution is -2.48. The van der Waals surface area contributed by atoms with E-state index in [0.717, 1.165) is 32.1 Å². The lowest BCUT2D eigenvalue weighted by Gasteiger charge is -2.22. The van der Waals surface area contributed by atoms with Gasteiger partial charge in [-0.15, -0.1) is 0 Å². The van der Waals surface area contributed by atoms with Crippen LogP contribution in [0.25, 0.3) is 0 Å². The molecule has 0 aromatic carbocycles. The van der Waals surface area contributed by atoms with E-state index in [4.69, 9.17) is 15.5 Å². The van der Waals surface area contributed by atoms with E-state index in [2.05, 4.69) is 23.6 Å². The van der Waals surface area contributed by atoms with Gasteiger partial charge in [0, 0.05) is 6.42 Å². The minimum absolute atomic E-state index is 0.224. The molecule has 0 aromatic heterocycles. The van der Waals surface area contributed by atoms with E-state index in [0.29, 0.717) is 6.42 Å². The van der Waals surface area contributed by atoms with E-state index in [-0.39, 0.29) is 5.78 Å². The topological polar surface area (TPSA) is 110 Å². The number of hydrogen-bond acceptors (Lipinski definition) is 4. The summed E-state index contributed by atoms with van der Waals surface area (Å²) in [5, 5.41) is 0. The Morgan fingerprint density at radius 2 is 1.39 bits per heavy atom. The number of hydrogen-bond donors (Lipinski definition) is 3. The van der Waals surface area contributed by atoms with Crippen molar-refractivity contribution in [3.8, 4) is 0 Å². The van der Waals surface area contributed by atoms with Crippen molar-refractivity contribution in [1.82, 2.24) is 0 Å². The maximum atomic E-state index is 12.0. The quantitative estimate of drug-likeness (QED) is 0.146. The molecule has 0 rings (SSSR count). The first-order chi connectivity index (χ1) is 13.2. The molecular weight excluding hydrogens is 377 g/mol. The highest BCUT2D eigenvalue weighted by Crippen LogP contribution is 2.36. The highest BCUT2D eigenvalue weighted by Gasteiger charge is 2.31. The van der Waals surface area contributed by atoms with Crippen LogP contribution in [0.2, 0.25) is 0 Å². The second-order valence-electron chi connectivity index (χ2n) is 7.94. The molecule has 7 heteroatoms. The fourth-order valence-electron chi connectivity index (χ4n) is 2.94. The Labute approximate surface area is 171 Å². The van der Waals surface area contributed by atoms with Crippen LogP contribution in [0.5, 0.6) is 0 Å². The summed E-state index contributed by atoms with van der Waals surface area (Å²) >= 11 is 0. The number of Topliss-reactive ketones (excluding diaryl/α,β-unsaturated/α-hetero) is 1. The normalized spacial score (nSPS) is 14.5. The summed E-state index contributed by atoms with van der Waals surface area (Å²) in [7, 11) is -4.60. The molecule has 0 aliphatic rings. The average molecular weight is 420 g/mol. The highest BCUT2D eigenvalue weighted by atomic mass is 31.2. The second-order valence-corrected chi connectivity index (χ2v) is 9.18. The van der Waals surface area contributed by atoms with Crippen molar-refractivity contribution in [2.45, 2.75) is 109 Å². The Balaban J connectivity index is 3.55. The van der Waals surface area contributed by atoms with Gasteiger partial charge in [-0.3, -0.25) is 9.32 Å². The molecule has 0 heterocycles. The number of carbonyl (C=O) groups excluding carboxylic acids is 1. The molecule has 0 bridgehead atoms. The van der Waals surface area contributed by atoms with Crippen molar-refractivity contribution < 1.29 is 23.7 Å². The zero-order chi connectivity index (χ0) is 21.3. The maximum absolute atomic E-state index is 12.0. The van der Waals surface area contributed by atoms with Crippen molar-refractivity contribution in [2.24, 2.45) is 5.73 Å². The molecule has 0 aromatic rings. The molecule has 0 aliphatic carbocycles. The molecule has 0 radical (unpaired) electrons. The lowest BCUT2D eigenvalue weighted by molar-refractivity contribution is -0.124. The summed E-state index contributed by atoms with van der Waals surface area (Å²) in [4.78, 5) is 29.4. The van der Waals surface area contributed by atoms with E-state index in [1.807, 2.05) is 0 Å². The minimum Gasteiger partial charge on any atom is -0.317 e. The largest absolute Gasteiger partial charge is 0.469 e. The average Bonchev–Trinajstić information content (AvgIpc) is 2.62. The van der Waals surface area contributed by atoms with E-state index < -0.39 is 20.0 Å². The van der Waals surface area contributed by atoms with Gasteiger partial charge in [0.05, 0.1) is 12.1 Å². The predicted molar refractivity (Wildman–Crippen MR) is 115 cm³/mol. The molecule has 1 atom stereocenters. The second kappa shape index (κ2) is 16.3. The van der Waals surface area contributed by atoms with Gasteiger partial charge in [-0.1, -0.05) is 70.4 Å². The summed E-state index contributed by atoms with van der Waals surface area (Å²) in [6.45, 7) is 3.22. The van der Waals surface area contributed by atoms with Gasteiger partial charge in [0.1, 0.15) is 0 Å². The third-order valence-corrected chi connectivity index (χ3v) is 5.30. The summed E-state index contributed by atoms with van der Waals surface area (Å²) in [5.41, 5.74) is 4.44. The fraction of sp³-hybridized carbons (Fsp3) is 0.857. The van der Waals surface area contributed by atoms with Crippen molar-refractivity contribution in [1.29, 1.82) is 0 Å². The smallest absolute Gasteiger partial charge is 0.317 e. The van der Waals surface area contributed by atoms with Crippen molar-refractivity contribution in [3.05, 3.63) is 12.2 Å². The van der Waals surface area contributed by atoms with Crippen molar-refractivity contribution in [3.63, 3.8) is 0 Å². The van der Waals surface area contributed by atoms with Crippen LogP contribution in [0.1, 0.15) is 104 Å². The zero-order valence-corrected chi connectivity index (χ0v) is 18.8. The van der Waals surface area contributed by atoms with Gasteiger partial charge in [-0.05, 0) is 39.0 Å². The third-order valence-electron chi connectivity index (χ3n) is 4.84. The van der Waals surface area contributed by atoms with Gasteiger partial charge in [0.25, 0.3) is 0 Å². The Hall–Kier alpha value is -0.520. The Kier molecular flexibility index (Phi) is 16.0. The molecule has 4 N–H and O–H groups in total. The molecular formula is C21H42NO5P. The Morgan fingerprint density at radius 1 is 0.929 bits per heavy atom. The molecule has 1 unspecified atom stereocenters. The van der Waals surface area contributed by atoms with Crippen LogP contribution in [0.3, 0.4) is 0 Å². The molecule has 166 valence electrons. The number of phosphoric acid groups is 1. The SMILES string of the molecule is CCCCCCCC/C=C\CCCCCCCC(=O)C(C)(N)COP(=O)(O)O. The fourth-order valence-corrected chi connectivity index (χ4v) is 3.38. The van der Waals surface area contributed by atoms with Crippen molar-refractivity contribution >= 4 is 13.6 Å². The van der Waals surface area contributed by atoms with Gasteiger partial charge in [0.2, 0.25) is 0 Å². The first-order valence-electron chi connectivity index (χ1n) is 10.9. The first kappa shape index (κ1) is 27.5. The van der Waals surface area contributed by atoms with E-state index in [9.17, 15) is 9.36 Å². The lowest BCUT2D eigenvalue weighted by atomic mass is 9.94. The Bertz CT molecular complexity index is 473. The number of phosphoric ester groups is 1. The van der Waals surface area contributed by atoms with Crippen molar-refractivity contribution in [2.75, 3.05) is 6.61 Å². The monoisotopic (exact) mass is 419 g/mol. The summed E-state index contributed by atoms with van der Waals surface area (Å²) < 4.78 is 15.1.